The molecule has 0 amide bonds. The first kappa shape index (κ1) is 14.0. The number of nitrogens with one attached hydrogen (secondary N) is 1. The molecule has 0 bridgehead atoms. The lowest BCUT2D eigenvalue weighted by Gasteiger charge is -2.26. The van der Waals surface area contributed by atoms with Gasteiger partial charge in [-0.15, -0.1) is 0 Å². The molecule has 0 aliphatic heterocycles. The summed E-state index contributed by atoms with van der Waals surface area (Å²) in [5.41, 5.74) is 3.69. The topological polar surface area (TPSA) is 74.3 Å². The number of aromatic nitrogens is 2. The van der Waals surface area contributed by atoms with Crippen molar-refractivity contribution in [3.05, 3.63) is 11.9 Å². The van der Waals surface area contributed by atoms with Crippen molar-refractivity contribution < 1.29 is 9.47 Å². The van der Waals surface area contributed by atoms with Gasteiger partial charge in [-0.05, 0) is 13.3 Å². The second kappa shape index (κ2) is 6.58. The summed E-state index contributed by atoms with van der Waals surface area (Å²) in [6, 6.07) is -0.137. The fourth-order valence-electron chi connectivity index (χ4n) is 1.96. The van der Waals surface area contributed by atoms with Crippen LogP contribution in [-0.2, 0) is 11.8 Å². The summed E-state index contributed by atoms with van der Waals surface area (Å²) in [7, 11) is 3.48. The number of rotatable bonds is 7. The highest BCUT2D eigenvalue weighted by Crippen LogP contribution is 2.28. The minimum atomic E-state index is -0.137. The number of hydrogen-bond acceptors (Lipinski definition) is 5. The van der Waals surface area contributed by atoms with Crippen molar-refractivity contribution >= 4 is 0 Å². The van der Waals surface area contributed by atoms with Gasteiger partial charge in [0.15, 0.2) is 5.75 Å². The minimum Gasteiger partial charge on any atom is -0.493 e. The van der Waals surface area contributed by atoms with Gasteiger partial charge in [0.25, 0.3) is 0 Å². The second-order valence-electron chi connectivity index (χ2n) is 3.77. The Labute approximate surface area is 102 Å². The normalized spacial score (nSPS) is 14.6. The predicted octanol–water partition coefficient (Wildman–Crippen LogP) is 0.748. The molecular weight excluding hydrogens is 220 g/mol. The third kappa shape index (κ3) is 2.96. The molecule has 1 heterocycles. The lowest BCUT2D eigenvalue weighted by atomic mass is 10.1. The molecule has 6 heteroatoms. The van der Waals surface area contributed by atoms with Gasteiger partial charge in [0.1, 0.15) is 5.69 Å². The van der Waals surface area contributed by atoms with Crippen LogP contribution in [0.3, 0.4) is 0 Å². The summed E-state index contributed by atoms with van der Waals surface area (Å²) in [4.78, 5) is 0. The van der Waals surface area contributed by atoms with E-state index in [2.05, 4.69) is 17.4 Å². The van der Waals surface area contributed by atoms with Crippen molar-refractivity contribution in [2.24, 2.45) is 12.9 Å². The van der Waals surface area contributed by atoms with E-state index in [1.165, 1.54) is 0 Å². The Morgan fingerprint density at radius 1 is 1.53 bits per heavy atom. The molecule has 0 aliphatic rings. The fraction of sp³-hybridized carbons (Fsp3) is 0.727. The molecule has 98 valence electrons. The van der Waals surface area contributed by atoms with Gasteiger partial charge in [-0.2, -0.15) is 5.10 Å². The minimum absolute atomic E-state index is 0.00528. The smallest absolute Gasteiger partial charge is 0.161 e. The zero-order valence-corrected chi connectivity index (χ0v) is 10.9. The lowest BCUT2D eigenvalue weighted by molar-refractivity contribution is 0.0287. The molecule has 0 aliphatic carbocycles. The monoisotopic (exact) mass is 242 g/mol. The van der Waals surface area contributed by atoms with Crippen LogP contribution in [0, 0.1) is 0 Å². The van der Waals surface area contributed by atoms with Gasteiger partial charge >= 0.3 is 0 Å². The average molecular weight is 242 g/mol. The van der Waals surface area contributed by atoms with E-state index < -0.39 is 0 Å². The number of nitrogens with two attached hydrogens (primary N) is 1. The standard InChI is InChI=1S/C11H22N4O2/c1-5-8(17-6-2)10(14-12)11-9(16-4)7-13-15(11)3/h7-8,10,14H,5-6,12H2,1-4H3. The molecule has 0 fully saturated rings. The van der Waals surface area contributed by atoms with Gasteiger partial charge in [-0.25, -0.2) is 5.43 Å². The quantitative estimate of drug-likeness (QED) is 0.545. The Hall–Kier alpha value is -1.11. The number of hydrazine groups is 1. The fourth-order valence-corrected chi connectivity index (χ4v) is 1.96. The molecule has 3 N–H and O–H groups in total. The maximum atomic E-state index is 5.68. The third-order valence-corrected chi connectivity index (χ3v) is 2.80. The summed E-state index contributed by atoms with van der Waals surface area (Å²) in [6.45, 7) is 4.68. The van der Waals surface area contributed by atoms with E-state index in [0.717, 1.165) is 12.1 Å². The molecule has 0 spiro atoms. The predicted molar refractivity (Wildman–Crippen MR) is 65.5 cm³/mol. The van der Waals surface area contributed by atoms with Crippen LogP contribution in [0.1, 0.15) is 32.0 Å². The van der Waals surface area contributed by atoms with Crippen LogP contribution in [0.25, 0.3) is 0 Å². The van der Waals surface area contributed by atoms with Crippen LogP contribution < -0.4 is 16.0 Å². The second-order valence-corrected chi connectivity index (χ2v) is 3.77. The van der Waals surface area contributed by atoms with E-state index in [-0.39, 0.29) is 12.1 Å². The van der Waals surface area contributed by atoms with Gasteiger partial charge in [0.05, 0.1) is 25.5 Å². The van der Waals surface area contributed by atoms with Crippen molar-refractivity contribution in [2.75, 3.05) is 13.7 Å². The molecule has 0 saturated heterocycles. The van der Waals surface area contributed by atoms with E-state index in [1.807, 2.05) is 14.0 Å². The molecule has 0 radical (unpaired) electrons. The summed E-state index contributed by atoms with van der Waals surface area (Å²) in [6.07, 6.45) is 2.53. The van der Waals surface area contributed by atoms with Crippen molar-refractivity contribution in [3.63, 3.8) is 0 Å². The van der Waals surface area contributed by atoms with Gasteiger partial charge in [0.2, 0.25) is 0 Å². The maximum absolute atomic E-state index is 5.68. The van der Waals surface area contributed by atoms with Crippen LogP contribution in [0.2, 0.25) is 0 Å². The third-order valence-electron chi connectivity index (χ3n) is 2.80. The Morgan fingerprint density at radius 2 is 2.24 bits per heavy atom. The van der Waals surface area contributed by atoms with Gasteiger partial charge in [-0.1, -0.05) is 6.92 Å². The number of aryl methyl sites for hydroxylation is 1. The van der Waals surface area contributed by atoms with Gasteiger partial charge in [-0.3, -0.25) is 10.5 Å². The molecule has 0 aromatic carbocycles. The molecule has 0 saturated carbocycles. The van der Waals surface area contributed by atoms with Crippen molar-refractivity contribution in [1.82, 2.24) is 15.2 Å². The van der Waals surface area contributed by atoms with Gasteiger partial charge < -0.3 is 9.47 Å². The zero-order chi connectivity index (χ0) is 12.8. The molecule has 1 aromatic heterocycles. The van der Waals surface area contributed by atoms with Gasteiger partial charge in [0, 0.05) is 13.7 Å². The highest BCUT2D eigenvalue weighted by Gasteiger charge is 2.27. The first-order valence-corrected chi connectivity index (χ1v) is 5.83. The summed E-state index contributed by atoms with van der Waals surface area (Å²) in [5.74, 6) is 6.35. The van der Waals surface area contributed by atoms with Crippen molar-refractivity contribution in [2.45, 2.75) is 32.4 Å². The van der Waals surface area contributed by atoms with Crippen LogP contribution in [0.4, 0.5) is 0 Å². The first-order valence-electron chi connectivity index (χ1n) is 5.83. The highest BCUT2D eigenvalue weighted by atomic mass is 16.5. The lowest BCUT2D eigenvalue weighted by Crippen LogP contribution is -2.39. The number of hydrogen-bond donors (Lipinski definition) is 2. The number of ether oxygens (including phenoxy) is 2. The molecule has 1 aromatic rings. The Balaban J connectivity index is 3.02. The van der Waals surface area contributed by atoms with E-state index >= 15 is 0 Å². The number of nitrogens with zero attached hydrogens (tertiary/aromatic N) is 2. The van der Waals surface area contributed by atoms with Crippen molar-refractivity contribution in [3.8, 4) is 5.75 Å². The number of methoxy groups -OCH3 is 1. The van der Waals surface area contributed by atoms with E-state index in [0.29, 0.717) is 12.4 Å². The Morgan fingerprint density at radius 3 is 2.71 bits per heavy atom. The average Bonchev–Trinajstić information content (AvgIpc) is 2.71. The largest absolute Gasteiger partial charge is 0.493 e. The highest BCUT2D eigenvalue weighted by molar-refractivity contribution is 5.28. The van der Waals surface area contributed by atoms with Crippen LogP contribution >= 0.6 is 0 Å². The van der Waals surface area contributed by atoms with Crippen LogP contribution in [0.5, 0.6) is 5.75 Å². The first-order chi connectivity index (χ1) is 8.19. The summed E-state index contributed by atoms with van der Waals surface area (Å²) < 4.78 is 12.7. The Kier molecular flexibility index (Phi) is 5.40. The van der Waals surface area contributed by atoms with Crippen molar-refractivity contribution in [1.29, 1.82) is 0 Å². The molecule has 17 heavy (non-hydrogen) atoms. The Bertz CT molecular complexity index is 340. The molecule has 1 rings (SSSR count). The maximum Gasteiger partial charge on any atom is 0.161 e. The van der Waals surface area contributed by atoms with Crippen LogP contribution in [0.15, 0.2) is 6.20 Å². The van der Waals surface area contributed by atoms with Crippen LogP contribution in [-0.4, -0.2) is 29.6 Å². The SMILES string of the molecule is CCOC(CC)C(NN)c1c(OC)cnn1C. The molecule has 2 unspecified atom stereocenters. The van der Waals surface area contributed by atoms with E-state index in [9.17, 15) is 0 Å². The molecule has 2 atom stereocenters. The summed E-state index contributed by atoms with van der Waals surface area (Å²) in [5, 5.41) is 4.17. The molecule has 6 nitrogen and oxygen atoms in total. The molecular formula is C11H22N4O2. The zero-order valence-electron chi connectivity index (χ0n) is 10.9. The summed E-state index contributed by atoms with van der Waals surface area (Å²) >= 11 is 0. The van der Waals surface area contributed by atoms with E-state index in [4.69, 9.17) is 15.3 Å². The van der Waals surface area contributed by atoms with E-state index in [1.54, 1.807) is 18.0 Å².